The largest absolute Gasteiger partial charge is 0.505 e. The fraction of sp³-hybridized carbons (Fsp3) is 0.118. The van der Waals surface area contributed by atoms with Crippen LogP contribution in [0.3, 0.4) is 0 Å². The van der Waals surface area contributed by atoms with Crippen molar-refractivity contribution in [1.82, 2.24) is 10.3 Å². The van der Waals surface area contributed by atoms with E-state index in [1.807, 2.05) is 31.2 Å². The van der Waals surface area contributed by atoms with Gasteiger partial charge in [0.2, 0.25) is 0 Å². The molecule has 0 saturated carbocycles. The third-order valence-corrected chi connectivity index (χ3v) is 3.44. The molecule has 6 heteroatoms. The predicted molar refractivity (Wildman–Crippen MR) is 84.3 cm³/mol. The van der Waals surface area contributed by atoms with Crippen molar-refractivity contribution < 1.29 is 14.3 Å². The number of pyridine rings is 1. The second-order valence-electron chi connectivity index (χ2n) is 5.13. The molecule has 6 nitrogen and oxygen atoms in total. The molecule has 0 radical (unpaired) electrons. The maximum absolute atomic E-state index is 12.2. The van der Waals surface area contributed by atoms with Crippen molar-refractivity contribution in [2.45, 2.75) is 13.5 Å². The van der Waals surface area contributed by atoms with E-state index in [4.69, 9.17) is 4.42 Å². The molecule has 0 aliphatic heterocycles. The second kappa shape index (κ2) is 5.92. The van der Waals surface area contributed by atoms with Gasteiger partial charge in [0.15, 0.2) is 16.9 Å². The Bertz CT molecular complexity index is 929. The van der Waals surface area contributed by atoms with Crippen LogP contribution in [0.15, 0.2) is 51.8 Å². The highest BCUT2D eigenvalue weighted by Gasteiger charge is 2.21. The fourth-order valence-electron chi connectivity index (χ4n) is 2.19. The number of hydrogen-bond donors (Lipinski definition) is 2. The number of amides is 1. The Kier molecular flexibility index (Phi) is 3.80. The van der Waals surface area contributed by atoms with E-state index in [-0.39, 0.29) is 17.6 Å². The molecule has 0 aliphatic rings. The van der Waals surface area contributed by atoms with Crippen LogP contribution in [0.25, 0.3) is 11.1 Å². The van der Waals surface area contributed by atoms with Gasteiger partial charge in [-0.2, -0.15) is 0 Å². The number of nitrogens with zero attached hydrogens (tertiary/aromatic N) is 1. The first-order chi connectivity index (χ1) is 11.1. The summed E-state index contributed by atoms with van der Waals surface area (Å²) in [4.78, 5) is 28.1. The molecule has 2 heterocycles. The first kappa shape index (κ1) is 14.8. The fourth-order valence-corrected chi connectivity index (χ4v) is 2.19. The van der Waals surface area contributed by atoms with Crippen LogP contribution in [0.5, 0.6) is 5.75 Å². The number of hydrogen-bond acceptors (Lipinski definition) is 5. The molecule has 0 aliphatic carbocycles. The number of fused-ring (bicyclic) bond motifs is 1. The molecule has 0 bridgehead atoms. The van der Waals surface area contributed by atoms with E-state index < -0.39 is 22.8 Å². The average Bonchev–Trinajstić information content (AvgIpc) is 2.54. The van der Waals surface area contributed by atoms with Crippen LogP contribution in [-0.4, -0.2) is 16.0 Å². The van der Waals surface area contributed by atoms with Crippen molar-refractivity contribution in [2.75, 3.05) is 0 Å². The summed E-state index contributed by atoms with van der Waals surface area (Å²) in [6.45, 7) is 2.20. The molecule has 0 unspecified atom stereocenters. The molecular formula is C17H14N2O4. The molecule has 0 fully saturated rings. The average molecular weight is 310 g/mol. The topological polar surface area (TPSA) is 92.4 Å². The summed E-state index contributed by atoms with van der Waals surface area (Å²) in [5.74, 6) is -1.18. The van der Waals surface area contributed by atoms with Crippen LogP contribution >= 0.6 is 0 Å². The third kappa shape index (κ3) is 2.91. The predicted octanol–water partition coefficient (Wildman–Crippen LogP) is 2.13. The standard InChI is InChI=1S/C17H14N2O4/c1-10-4-6-11(7-5-10)9-19-16(21)13-15(20)14-12(23-17(13)22)3-2-8-18-14/h2-8,20H,9H2,1H3,(H,19,21). The molecule has 23 heavy (non-hydrogen) atoms. The number of aromatic hydroxyl groups is 1. The Morgan fingerprint density at radius 2 is 2.00 bits per heavy atom. The van der Waals surface area contributed by atoms with E-state index in [1.54, 1.807) is 6.07 Å². The lowest BCUT2D eigenvalue weighted by atomic mass is 10.1. The minimum atomic E-state index is -0.899. The van der Waals surface area contributed by atoms with Gasteiger partial charge in [-0.05, 0) is 24.6 Å². The van der Waals surface area contributed by atoms with Gasteiger partial charge >= 0.3 is 5.63 Å². The molecule has 1 amide bonds. The Balaban J connectivity index is 1.89. The molecule has 116 valence electrons. The Hall–Kier alpha value is -3.15. The van der Waals surface area contributed by atoms with Gasteiger partial charge < -0.3 is 14.8 Å². The number of aryl methyl sites for hydroxylation is 1. The van der Waals surface area contributed by atoms with Gasteiger partial charge in [-0.3, -0.25) is 4.79 Å². The van der Waals surface area contributed by atoms with Crippen molar-refractivity contribution in [1.29, 1.82) is 0 Å². The van der Waals surface area contributed by atoms with Crippen LogP contribution in [0.4, 0.5) is 0 Å². The second-order valence-corrected chi connectivity index (χ2v) is 5.13. The van der Waals surface area contributed by atoms with Crippen LogP contribution in [0.1, 0.15) is 21.5 Å². The zero-order chi connectivity index (χ0) is 16.4. The van der Waals surface area contributed by atoms with Gasteiger partial charge in [0, 0.05) is 12.7 Å². The van der Waals surface area contributed by atoms with Crippen molar-refractivity contribution >= 4 is 17.0 Å². The SMILES string of the molecule is Cc1ccc(CNC(=O)c2c(O)c3ncccc3oc2=O)cc1. The molecule has 3 rings (SSSR count). The summed E-state index contributed by atoms with van der Waals surface area (Å²) in [6.07, 6.45) is 1.44. The number of rotatable bonds is 3. The molecule has 1 aromatic carbocycles. The van der Waals surface area contributed by atoms with E-state index in [1.165, 1.54) is 12.3 Å². The summed E-state index contributed by atoms with van der Waals surface area (Å²) in [7, 11) is 0. The molecule has 0 spiro atoms. The van der Waals surface area contributed by atoms with Crippen molar-refractivity contribution in [3.63, 3.8) is 0 Å². The number of benzene rings is 1. The normalized spacial score (nSPS) is 10.7. The number of carbonyl (C=O) groups excluding carboxylic acids is 1. The highest BCUT2D eigenvalue weighted by molar-refractivity contribution is 6.00. The number of nitrogens with one attached hydrogen (secondary N) is 1. The lowest BCUT2D eigenvalue weighted by Gasteiger charge is -2.07. The zero-order valence-corrected chi connectivity index (χ0v) is 12.4. The smallest absolute Gasteiger partial charge is 0.353 e. The molecule has 0 atom stereocenters. The minimum absolute atomic E-state index is 0.0765. The molecule has 3 aromatic rings. The van der Waals surface area contributed by atoms with Gasteiger partial charge in [-0.25, -0.2) is 9.78 Å². The summed E-state index contributed by atoms with van der Waals surface area (Å²) in [6, 6.07) is 10.7. The highest BCUT2D eigenvalue weighted by atomic mass is 16.4. The van der Waals surface area contributed by atoms with Gasteiger partial charge in [-0.1, -0.05) is 29.8 Å². The summed E-state index contributed by atoms with van der Waals surface area (Å²) >= 11 is 0. The summed E-state index contributed by atoms with van der Waals surface area (Å²) in [5.41, 5.74) is 0.857. The van der Waals surface area contributed by atoms with Crippen molar-refractivity contribution in [3.8, 4) is 5.75 Å². The Labute approximate surface area is 131 Å². The van der Waals surface area contributed by atoms with Gasteiger partial charge in [-0.15, -0.1) is 0 Å². The quantitative estimate of drug-likeness (QED) is 0.773. The third-order valence-electron chi connectivity index (χ3n) is 3.44. The van der Waals surface area contributed by atoms with Crippen LogP contribution in [0.2, 0.25) is 0 Å². The van der Waals surface area contributed by atoms with Crippen molar-refractivity contribution in [2.24, 2.45) is 0 Å². The highest BCUT2D eigenvalue weighted by Crippen LogP contribution is 2.23. The van der Waals surface area contributed by atoms with Gasteiger partial charge in [0.25, 0.3) is 5.91 Å². The number of aromatic nitrogens is 1. The monoisotopic (exact) mass is 310 g/mol. The molecule has 2 N–H and O–H groups in total. The van der Waals surface area contributed by atoms with Crippen LogP contribution in [-0.2, 0) is 6.54 Å². The zero-order valence-electron chi connectivity index (χ0n) is 12.4. The van der Waals surface area contributed by atoms with E-state index in [0.717, 1.165) is 11.1 Å². The minimum Gasteiger partial charge on any atom is -0.505 e. The first-order valence-electron chi connectivity index (χ1n) is 7.01. The van der Waals surface area contributed by atoms with Gasteiger partial charge in [0.1, 0.15) is 5.52 Å². The maximum Gasteiger partial charge on any atom is 0.353 e. The summed E-state index contributed by atoms with van der Waals surface area (Å²) < 4.78 is 5.02. The molecular weight excluding hydrogens is 296 g/mol. The lowest BCUT2D eigenvalue weighted by Crippen LogP contribution is -2.28. The van der Waals surface area contributed by atoms with E-state index in [2.05, 4.69) is 10.3 Å². The molecule has 2 aromatic heterocycles. The Morgan fingerprint density at radius 1 is 1.26 bits per heavy atom. The van der Waals surface area contributed by atoms with Gasteiger partial charge in [0.05, 0.1) is 0 Å². The first-order valence-corrected chi connectivity index (χ1v) is 7.01. The maximum atomic E-state index is 12.2. The van der Waals surface area contributed by atoms with Crippen LogP contribution in [0, 0.1) is 6.92 Å². The van der Waals surface area contributed by atoms with E-state index in [0.29, 0.717) is 0 Å². The Morgan fingerprint density at radius 3 is 2.74 bits per heavy atom. The van der Waals surface area contributed by atoms with Crippen molar-refractivity contribution in [3.05, 3.63) is 69.7 Å². The lowest BCUT2D eigenvalue weighted by molar-refractivity contribution is 0.0944. The summed E-state index contributed by atoms with van der Waals surface area (Å²) in [5, 5.41) is 12.7. The number of carbonyl (C=O) groups is 1. The van der Waals surface area contributed by atoms with E-state index in [9.17, 15) is 14.7 Å². The van der Waals surface area contributed by atoms with E-state index >= 15 is 0 Å². The molecule has 0 saturated heterocycles. The van der Waals surface area contributed by atoms with Crippen LogP contribution < -0.4 is 10.9 Å².